The molecule has 0 amide bonds. The van der Waals surface area contributed by atoms with Crippen molar-refractivity contribution in [1.82, 2.24) is 16.0 Å². The van der Waals surface area contributed by atoms with Gasteiger partial charge in [0, 0.05) is 0 Å². The Morgan fingerprint density at radius 1 is 0.355 bits per heavy atom. The Balaban J connectivity index is 2.98. The van der Waals surface area contributed by atoms with Gasteiger partial charge in [0.05, 0.1) is 0 Å². The minimum absolute atomic E-state index is 0.789. The van der Waals surface area contributed by atoms with Gasteiger partial charge in [0.1, 0.15) is 0 Å². The quantitative estimate of drug-likeness (QED) is 0.110. The van der Waals surface area contributed by atoms with Crippen molar-refractivity contribution in [3.8, 4) is 0 Å². The van der Waals surface area contributed by atoms with Crippen LogP contribution in [0.25, 0.3) is 0 Å². The van der Waals surface area contributed by atoms with Crippen molar-refractivity contribution >= 4 is 0 Å². The molecule has 0 radical (unpaired) electrons. The molecule has 0 rings (SSSR count). The zero-order valence-electron chi connectivity index (χ0n) is 21.5. The lowest BCUT2D eigenvalue weighted by Gasteiger charge is -2.07. The maximum atomic E-state index is 5.47. The summed E-state index contributed by atoms with van der Waals surface area (Å²) in [6.45, 7) is 9.85. The third-order valence-corrected chi connectivity index (χ3v) is 6.18. The lowest BCUT2D eigenvalue weighted by Crippen LogP contribution is -2.26. The van der Waals surface area contributed by atoms with Crippen molar-refractivity contribution in [2.45, 2.75) is 129 Å². The Morgan fingerprint density at radius 2 is 0.645 bits per heavy atom. The standard InChI is InChI=1S/C27H60N4/c1-2-3-4-5-6-7-8-9-10-11-12-13-14-15-16-17-22-29-24-19-26-31-27-20-25-30-23-18-21-28/h29-31H,2-28H2,1H3. The van der Waals surface area contributed by atoms with Gasteiger partial charge in [0.2, 0.25) is 0 Å². The minimum atomic E-state index is 0.789. The van der Waals surface area contributed by atoms with Crippen molar-refractivity contribution in [3.05, 3.63) is 0 Å². The molecule has 4 heteroatoms. The van der Waals surface area contributed by atoms with E-state index in [1.165, 1.54) is 122 Å². The van der Waals surface area contributed by atoms with Crippen molar-refractivity contribution in [2.75, 3.05) is 45.8 Å². The summed E-state index contributed by atoms with van der Waals surface area (Å²) in [6, 6.07) is 0. The van der Waals surface area contributed by atoms with Crippen LogP contribution in [0.5, 0.6) is 0 Å². The van der Waals surface area contributed by atoms with Crippen LogP contribution in [0.3, 0.4) is 0 Å². The van der Waals surface area contributed by atoms with E-state index in [0.29, 0.717) is 0 Å². The molecule has 0 aliphatic rings. The summed E-state index contributed by atoms with van der Waals surface area (Å²) in [5.74, 6) is 0. The first-order valence-corrected chi connectivity index (χ1v) is 14.2. The molecular weight excluding hydrogens is 380 g/mol. The minimum Gasteiger partial charge on any atom is -0.330 e. The van der Waals surface area contributed by atoms with Crippen molar-refractivity contribution in [3.63, 3.8) is 0 Å². The largest absolute Gasteiger partial charge is 0.330 e. The van der Waals surface area contributed by atoms with Gasteiger partial charge in [0.15, 0.2) is 0 Å². The summed E-state index contributed by atoms with van der Waals surface area (Å²) in [4.78, 5) is 0. The first kappa shape index (κ1) is 30.8. The zero-order valence-corrected chi connectivity index (χ0v) is 21.5. The van der Waals surface area contributed by atoms with Gasteiger partial charge in [-0.25, -0.2) is 0 Å². The number of unbranched alkanes of at least 4 members (excludes halogenated alkanes) is 15. The maximum absolute atomic E-state index is 5.47. The van der Waals surface area contributed by atoms with E-state index in [4.69, 9.17) is 5.73 Å². The summed E-state index contributed by atoms with van der Waals surface area (Å²) >= 11 is 0. The molecule has 0 unspecified atom stereocenters. The zero-order chi connectivity index (χ0) is 22.5. The highest BCUT2D eigenvalue weighted by Gasteiger charge is 1.95. The van der Waals surface area contributed by atoms with Gasteiger partial charge in [-0.2, -0.15) is 0 Å². The normalized spacial score (nSPS) is 11.4. The van der Waals surface area contributed by atoms with Gasteiger partial charge in [-0.15, -0.1) is 0 Å². The third kappa shape index (κ3) is 29.8. The van der Waals surface area contributed by atoms with Crippen LogP contribution in [-0.2, 0) is 0 Å². The highest BCUT2D eigenvalue weighted by atomic mass is 14.9. The van der Waals surface area contributed by atoms with Gasteiger partial charge in [-0.1, -0.05) is 103 Å². The summed E-state index contributed by atoms with van der Waals surface area (Å²) in [5.41, 5.74) is 5.47. The fourth-order valence-corrected chi connectivity index (χ4v) is 4.08. The van der Waals surface area contributed by atoms with E-state index in [1.807, 2.05) is 0 Å². The molecular formula is C27H60N4. The SMILES string of the molecule is CCCCCCCCCCCCCCCCCCNCCCNCCCNCCCN. The molecule has 0 spiro atoms. The van der Waals surface area contributed by atoms with Crippen LogP contribution in [0.15, 0.2) is 0 Å². The molecule has 0 fully saturated rings. The van der Waals surface area contributed by atoms with Crippen molar-refractivity contribution < 1.29 is 0 Å². The highest BCUT2D eigenvalue weighted by molar-refractivity contribution is 4.56. The molecule has 0 aromatic rings. The Morgan fingerprint density at radius 3 is 1.00 bits per heavy atom. The fourth-order valence-electron chi connectivity index (χ4n) is 4.08. The van der Waals surface area contributed by atoms with E-state index in [9.17, 15) is 0 Å². The first-order valence-electron chi connectivity index (χ1n) is 14.2. The van der Waals surface area contributed by atoms with E-state index in [-0.39, 0.29) is 0 Å². The molecule has 0 saturated carbocycles. The summed E-state index contributed by atoms with van der Waals surface area (Å²) in [7, 11) is 0. The summed E-state index contributed by atoms with van der Waals surface area (Å²) in [6.07, 6.45) is 26.6. The van der Waals surface area contributed by atoms with E-state index in [0.717, 1.165) is 45.7 Å². The second-order valence-electron chi connectivity index (χ2n) is 9.40. The van der Waals surface area contributed by atoms with Crippen LogP contribution in [0.2, 0.25) is 0 Å². The molecule has 188 valence electrons. The van der Waals surface area contributed by atoms with Gasteiger partial charge in [0.25, 0.3) is 0 Å². The molecule has 0 atom stereocenters. The predicted molar refractivity (Wildman–Crippen MR) is 141 cm³/mol. The van der Waals surface area contributed by atoms with E-state index in [2.05, 4.69) is 22.9 Å². The molecule has 0 aromatic heterocycles. The van der Waals surface area contributed by atoms with E-state index < -0.39 is 0 Å². The van der Waals surface area contributed by atoms with Gasteiger partial charge in [-0.05, 0) is 71.5 Å². The van der Waals surface area contributed by atoms with Gasteiger partial charge >= 0.3 is 0 Å². The van der Waals surface area contributed by atoms with Crippen LogP contribution in [0.4, 0.5) is 0 Å². The lowest BCUT2D eigenvalue weighted by atomic mass is 10.0. The Hall–Kier alpha value is -0.160. The van der Waals surface area contributed by atoms with Crippen molar-refractivity contribution in [1.29, 1.82) is 0 Å². The lowest BCUT2D eigenvalue weighted by molar-refractivity contribution is 0.521. The van der Waals surface area contributed by atoms with Crippen LogP contribution in [0.1, 0.15) is 129 Å². The molecule has 31 heavy (non-hydrogen) atoms. The average molecular weight is 441 g/mol. The topological polar surface area (TPSA) is 62.1 Å². The number of nitrogens with one attached hydrogen (secondary N) is 3. The Bertz CT molecular complexity index is 271. The number of rotatable bonds is 28. The summed E-state index contributed by atoms with van der Waals surface area (Å²) in [5, 5.41) is 10.5. The second-order valence-corrected chi connectivity index (χ2v) is 9.40. The Kier molecular flexibility index (Phi) is 29.7. The van der Waals surface area contributed by atoms with Crippen LogP contribution in [-0.4, -0.2) is 45.8 Å². The van der Waals surface area contributed by atoms with Crippen molar-refractivity contribution in [2.24, 2.45) is 5.73 Å². The van der Waals surface area contributed by atoms with Crippen LogP contribution < -0.4 is 21.7 Å². The molecule has 0 saturated heterocycles. The van der Waals surface area contributed by atoms with Gasteiger partial charge < -0.3 is 21.7 Å². The highest BCUT2D eigenvalue weighted by Crippen LogP contribution is 2.13. The van der Waals surface area contributed by atoms with E-state index in [1.54, 1.807) is 0 Å². The molecule has 4 nitrogen and oxygen atoms in total. The smallest absolute Gasteiger partial charge is 0.00368 e. The average Bonchev–Trinajstić information content (AvgIpc) is 2.78. The number of hydrogen-bond donors (Lipinski definition) is 4. The van der Waals surface area contributed by atoms with Crippen LogP contribution >= 0.6 is 0 Å². The number of nitrogens with two attached hydrogens (primary N) is 1. The third-order valence-electron chi connectivity index (χ3n) is 6.18. The molecule has 0 bridgehead atoms. The predicted octanol–water partition coefficient (Wildman–Crippen LogP) is 6.15. The summed E-state index contributed by atoms with van der Waals surface area (Å²) < 4.78 is 0. The molecule has 0 aliphatic heterocycles. The fraction of sp³-hybridized carbons (Fsp3) is 1.00. The second kappa shape index (κ2) is 29.8. The monoisotopic (exact) mass is 440 g/mol. The molecule has 0 aromatic carbocycles. The Labute approximate surface area is 196 Å². The molecule has 5 N–H and O–H groups in total. The van der Waals surface area contributed by atoms with Crippen LogP contribution in [0, 0.1) is 0 Å². The maximum Gasteiger partial charge on any atom is -0.00368 e. The molecule has 0 heterocycles. The number of hydrogen-bond acceptors (Lipinski definition) is 4. The van der Waals surface area contributed by atoms with E-state index >= 15 is 0 Å². The first-order chi connectivity index (χ1) is 15.4. The molecule has 0 aliphatic carbocycles. The van der Waals surface area contributed by atoms with Gasteiger partial charge in [-0.3, -0.25) is 0 Å².